The molecule has 1 aromatic carbocycles. The van der Waals surface area contributed by atoms with Crippen LogP contribution in [0, 0.1) is 11.6 Å². The third-order valence-corrected chi connectivity index (χ3v) is 2.91. The Balaban J connectivity index is 1.76. The first-order valence-corrected chi connectivity index (χ1v) is 5.87. The molecule has 0 saturated heterocycles. The zero-order chi connectivity index (χ0) is 12.5. The molecule has 0 aliphatic heterocycles. The number of benzene rings is 1. The van der Waals surface area contributed by atoms with Crippen molar-refractivity contribution in [2.75, 3.05) is 0 Å². The second-order valence-corrected chi connectivity index (χ2v) is 4.47. The van der Waals surface area contributed by atoms with Gasteiger partial charge in [0.25, 0.3) is 0 Å². The Kier molecular flexibility index (Phi) is 2.83. The molecule has 1 N–H and O–H groups in total. The van der Waals surface area contributed by atoms with E-state index in [0.29, 0.717) is 23.9 Å². The molecular formula is C13H12F2N2O. The Morgan fingerprint density at radius 2 is 2.06 bits per heavy atom. The van der Waals surface area contributed by atoms with Crippen molar-refractivity contribution < 1.29 is 13.3 Å². The van der Waals surface area contributed by atoms with Crippen LogP contribution in [0.3, 0.4) is 0 Å². The molecule has 1 heterocycles. The minimum Gasteiger partial charge on any atom is -0.356 e. The van der Waals surface area contributed by atoms with Crippen molar-refractivity contribution >= 4 is 0 Å². The lowest BCUT2D eigenvalue weighted by atomic mass is 10.1. The summed E-state index contributed by atoms with van der Waals surface area (Å²) in [7, 11) is 0. The zero-order valence-electron chi connectivity index (χ0n) is 9.62. The maximum atomic E-state index is 13.1. The van der Waals surface area contributed by atoms with Gasteiger partial charge >= 0.3 is 0 Å². The van der Waals surface area contributed by atoms with Crippen molar-refractivity contribution in [3.63, 3.8) is 0 Å². The summed E-state index contributed by atoms with van der Waals surface area (Å²) in [5.41, 5.74) is 1.25. The third kappa shape index (κ3) is 2.41. The maximum Gasteiger partial charge on any atom is 0.167 e. The number of hydrogen-bond acceptors (Lipinski definition) is 3. The molecule has 1 fully saturated rings. The van der Waals surface area contributed by atoms with E-state index in [2.05, 4.69) is 10.5 Å². The van der Waals surface area contributed by atoms with E-state index in [0.717, 1.165) is 17.8 Å². The fraction of sp³-hybridized carbons (Fsp3) is 0.308. The average Bonchev–Trinajstić information content (AvgIpc) is 3.08. The SMILES string of the molecule is Fc1ccc(-c2cc(CNC3CC3)no2)cc1F. The van der Waals surface area contributed by atoms with Gasteiger partial charge in [-0.2, -0.15) is 0 Å². The van der Waals surface area contributed by atoms with Crippen LogP contribution in [0.15, 0.2) is 28.8 Å². The molecule has 0 spiro atoms. The van der Waals surface area contributed by atoms with Crippen LogP contribution in [-0.2, 0) is 6.54 Å². The van der Waals surface area contributed by atoms with Crippen molar-refractivity contribution in [2.45, 2.75) is 25.4 Å². The Hall–Kier alpha value is -1.75. The van der Waals surface area contributed by atoms with Crippen LogP contribution >= 0.6 is 0 Å². The van der Waals surface area contributed by atoms with Crippen molar-refractivity contribution in [3.8, 4) is 11.3 Å². The first-order chi connectivity index (χ1) is 8.72. The first kappa shape index (κ1) is 11.3. The lowest BCUT2D eigenvalue weighted by Gasteiger charge is -1.96. The topological polar surface area (TPSA) is 38.1 Å². The number of rotatable bonds is 4. The molecular weight excluding hydrogens is 238 g/mol. The van der Waals surface area contributed by atoms with Gasteiger partial charge in [-0.15, -0.1) is 0 Å². The summed E-state index contributed by atoms with van der Waals surface area (Å²) in [4.78, 5) is 0. The van der Waals surface area contributed by atoms with Crippen LogP contribution in [0.25, 0.3) is 11.3 Å². The van der Waals surface area contributed by atoms with Gasteiger partial charge in [0, 0.05) is 24.2 Å². The smallest absolute Gasteiger partial charge is 0.167 e. The van der Waals surface area contributed by atoms with Crippen LogP contribution in [0.1, 0.15) is 18.5 Å². The summed E-state index contributed by atoms with van der Waals surface area (Å²) in [5, 5.41) is 7.19. The van der Waals surface area contributed by atoms with Crippen LogP contribution in [0.2, 0.25) is 0 Å². The number of aromatic nitrogens is 1. The molecule has 18 heavy (non-hydrogen) atoms. The molecule has 94 valence electrons. The van der Waals surface area contributed by atoms with Crippen molar-refractivity contribution in [3.05, 3.63) is 41.6 Å². The zero-order valence-corrected chi connectivity index (χ0v) is 9.62. The lowest BCUT2D eigenvalue weighted by molar-refractivity contribution is 0.419. The molecule has 0 atom stereocenters. The summed E-state index contributed by atoms with van der Waals surface area (Å²) < 4.78 is 31.0. The number of nitrogens with zero attached hydrogens (tertiary/aromatic N) is 1. The second-order valence-electron chi connectivity index (χ2n) is 4.47. The average molecular weight is 250 g/mol. The number of nitrogens with one attached hydrogen (secondary N) is 1. The molecule has 0 bridgehead atoms. The highest BCUT2D eigenvalue weighted by molar-refractivity contribution is 5.57. The molecule has 1 aliphatic rings. The fourth-order valence-electron chi connectivity index (χ4n) is 1.72. The normalized spacial score (nSPS) is 15.0. The highest BCUT2D eigenvalue weighted by atomic mass is 19.2. The van der Waals surface area contributed by atoms with Gasteiger partial charge in [-0.1, -0.05) is 5.16 Å². The minimum absolute atomic E-state index is 0.446. The Labute approximate surface area is 103 Å². The molecule has 0 amide bonds. The van der Waals surface area contributed by atoms with Gasteiger partial charge in [-0.3, -0.25) is 0 Å². The molecule has 2 aromatic rings. The van der Waals surface area contributed by atoms with Gasteiger partial charge in [0.1, 0.15) is 0 Å². The predicted octanol–water partition coefficient (Wildman–Crippen LogP) is 2.87. The van der Waals surface area contributed by atoms with Crippen LogP contribution in [0.5, 0.6) is 0 Å². The molecule has 0 radical (unpaired) electrons. The lowest BCUT2D eigenvalue weighted by Crippen LogP contribution is -2.15. The molecule has 1 aromatic heterocycles. The van der Waals surface area contributed by atoms with E-state index in [-0.39, 0.29) is 0 Å². The van der Waals surface area contributed by atoms with Crippen LogP contribution < -0.4 is 5.32 Å². The van der Waals surface area contributed by atoms with Gasteiger partial charge < -0.3 is 9.84 Å². The number of hydrogen-bond donors (Lipinski definition) is 1. The number of halogens is 2. The highest BCUT2D eigenvalue weighted by Gasteiger charge is 2.20. The molecule has 0 unspecified atom stereocenters. The van der Waals surface area contributed by atoms with E-state index in [1.165, 1.54) is 18.9 Å². The van der Waals surface area contributed by atoms with Gasteiger partial charge in [0.05, 0.1) is 5.69 Å². The van der Waals surface area contributed by atoms with Crippen molar-refractivity contribution in [1.82, 2.24) is 10.5 Å². The predicted molar refractivity (Wildman–Crippen MR) is 61.7 cm³/mol. The third-order valence-electron chi connectivity index (χ3n) is 2.91. The maximum absolute atomic E-state index is 13.1. The molecule has 1 aliphatic carbocycles. The van der Waals surface area contributed by atoms with Gasteiger partial charge in [0.15, 0.2) is 17.4 Å². The van der Waals surface area contributed by atoms with Crippen molar-refractivity contribution in [1.29, 1.82) is 0 Å². The Morgan fingerprint density at radius 1 is 1.22 bits per heavy atom. The van der Waals surface area contributed by atoms with E-state index >= 15 is 0 Å². The quantitative estimate of drug-likeness (QED) is 0.906. The van der Waals surface area contributed by atoms with Gasteiger partial charge in [0.2, 0.25) is 0 Å². The summed E-state index contributed by atoms with van der Waals surface area (Å²) >= 11 is 0. The van der Waals surface area contributed by atoms with E-state index in [9.17, 15) is 8.78 Å². The summed E-state index contributed by atoms with van der Waals surface area (Å²) in [6, 6.07) is 5.98. The molecule has 3 rings (SSSR count). The fourth-order valence-corrected chi connectivity index (χ4v) is 1.72. The highest BCUT2D eigenvalue weighted by Crippen LogP contribution is 2.23. The first-order valence-electron chi connectivity index (χ1n) is 5.87. The Bertz CT molecular complexity index is 564. The van der Waals surface area contributed by atoms with Crippen molar-refractivity contribution in [2.24, 2.45) is 0 Å². The summed E-state index contributed by atoms with van der Waals surface area (Å²) in [5.74, 6) is -1.31. The molecule has 3 nitrogen and oxygen atoms in total. The Morgan fingerprint density at radius 3 is 2.78 bits per heavy atom. The minimum atomic E-state index is -0.887. The van der Waals surface area contributed by atoms with E-state index in [4.69, 9.17) is 4.52 Å². The van der Waals surface area contributed by atoms with E-state index in [1.807, 2.05) is 0 Å². The second kappa shape index (κ2) is 4.49. The molecule has 1 saturated carbocycles. The van der Waals surface area contributed by atoms with E-state index in [1.54, 1.807) is 6.07 Å². The van der Waals surface area contributed by atoms with Crippen LogP contribution in [0.4, 0.5) is 8.78 Å². The summed E-state index contributed by atoms with van der Waals surface area (Å²) in [6.45, 7) is 0.637. The van der Waals surface area contributed by atoms with Gasteiger partial charge in [-0.25, -0.2) is 8.78 Å². The van der Waals surface area contributed by atoms with Crippen LogP contribution in [-0.4, -0.2) is 11.2 Å². The van der Waals surface area contributed by atoms with E-state index < -0.39 is 11.6 Å². The van der Waals surface area contributed by atoms with Gasteiger partial charge in [-0.05, 0) is 31.0 Å². The summed E-state index contributed by atoms with van der Waals surface area (Å²) in [6.07, 6.45) is 2.40. The molecule has 5 heteroatoms. The standard InChI is InChI=1S/C13H12F2N2O/c14-11-4-1-8(5-12(11)15)13-6-10(17-18-13)7-16-9-2-3-9/h1,4-6,9,16H,2-3,7H2. The largest absolute Gasteiger partial charge is 0.356 e. The monoisotopic (exact) mass is 250 g/mol.